The van der Waals surface area contributed by atoms with Crippen molar-refractivity contribution < 1.29 is 17.7 Å². The summed E-state index contributed by atoms with van der Waals surface area (Å²) in [5.74, 6) is -0.899. The SMILES string of the molecule is CNS(=O)(=O)Nc1cc([N+](=O)[O-])ccc1F. The summed E-state index contributed by atoms with van der Waals surface area (Å²) in [6.07, 6.45) is 0. The van der Waals surface area contributed by atoms with Crippen molar-refractivity contribution in [2.45, 2.75) is 0 Å². The van der Waals surface area contributed by atoms with Gasteiger partial charge in [0.15, 0.2) is 0 Å². The topological polar surface area (TPSA) is 101 Å². The van der Waals surface area contributed by atoms with Gasteiger partial charge in [0, 0.05) is 19.2 Å². The number of hydrogen-bond acceptors (Lipinski definition) is 4. The predicted molar refractivity (Wildman–Crippen MR) is 54.7 cm³/mol. The molecule has 0 aliphatic carbocycles. The Morgan fingerprint density at radius 1 is 1.44 bits per heavy atom. The molecule has 0 unspecified atom stereocenters. The Bertz CT molecular complexity index is 516. The van der Waals surface area contributed by atoms with E-state index in [0.717, 1.165) is 25.2 Å². The zero-order chi connectivity index (χ0) is 12.3. The van der Waals surface area contributed by atoms with Crippen molar-refractivity contribution in [3.8, 4) is 0 Å². The van der Waals surface area contributed by atoms with E-state index < -0.39 is 32.3 Å². The van der Waals surface area contributed by atoms with E-state index in [1.165, 1.54) is 0 Å². The quantitative estimate of drug-likeness (QED) is 0.602. The number of nitrogens with one attached hydrogen (secondary N) is 2. The zero-order valence-electron chi connectivity index (χ0n) is 8.10. The third-order valence-electron chi connectivity index (χ3n) is 1.67. The molecule has 0 amide bonds. The summed E-state index contributed by atoms with van der Waals surface area (Å²) in [7, 11) is -2.78. The Morgan fingerprint density at radius 2 is 2.06 bits per heavy atom. The Kier molecular flexibility index (Phi) is 3.40. The summed E-state index contributed by atoms with van der Waals surface area (Å²) >= 11 is 0. The highest BCUT2D eigenvalue weighted by Gasteiger charge is 2.14. The van der Waals surface area contributed by atoms with Crippen LogP contribution in [0.25, 0.3) is 0 Å². The Morgan fingerprint density at radius 3 is 2.56 bits per heavy atom. The number of nitro benzene ring substituents is 1. The van der Waals surface area contributed by atoms with Gasteiger partial charge in [0.25, 0.3) is 15.9 Å². The lowest BCUT2D eigenvalue weighted by Crippen LogP contribution is -2.26. The molecule has 0 saturated heterocycles. The molecule has 0 aliphatic heterocycles. The Balaban J connectivity index is 3.13. The van der Waals surface area contributed by atoms with Gasteiger partial charge in [-0.3, -0.25) is 14.8 Å². The molecule has 0 fully saturated rings. The van der Waals surface area contributed by atoms with Crippen LogP contribution >= 0.6 is 0 Å². The minimum Gasteiger partial charge on any atom is -0.268 e. The summed E-state index contributed by atoms with van der Waals surface area (Å²) in [6, 6.07) is 2.54. The van der Waals surface area contributed by atoms with E-state index >= 15 is 0 Å². The maximum absolute atomic E-state index is 13.1. The first-order valence-corrected chi connectivity index (χ1v) is 5.49. The van der Waals surface area contributed by atoms with Crippen molar-refractivity contribution in [3.05, 3.63) is 34.1 Å². The molecule has 88 valence electrons. The van der Waals surface area contributed by atoms with Crippen LogP contribution in [0, 0.1) is 15.9 Å². The van der Waals surface area contributed by atoms with Gasteiger partial charge >= 0.3 is 0 Å². The number of benzene rings is 1. The van der Waals surface area contributed by atoms with Crippen molar-refractivity contribution in [2.75, 3.05) is 11.8 Å². The van der Waals surface area contributed by atoms with E-state index in [-0.39, 0.29) is 0 Å². The van der Waals surface area contributed by atoms with Gasteiger partial charge in [-0.2, -0.15) is 8.42 Å². The number of nitro groups is 1. The van der Waals surface area contributed by atoms with E-state index in [2.05, 4.69) is 0 Å². The highest BCUT2D eigenvalue weighted by Crippen LogP contribution is 2.21. The Hall–Kier alpha value is -1.74. The van der Waals surface area contributed by atoms with E-state index in [1.54, 1.807) is 0 Å². The number of hydrogen-bond donors (Lipinski definition) is 2. The van der Waals surface area contributed by atoms with E-state index in [1.807, 2.05) is 9.44 Å². The molecular weight excluding hydrogens is 241 g/mol. The zero-order valence-corrected chi connectivity index (χ0v) is 8.91. The van der Waals surface area contributed by atoms with Crippen LogP contribution < -0.4 is 9.44 Å². The van der Waals surface area contributed by atoms with Crippen molar-refractivity contribution in [1.82, 2.24) is 4.72 Å². The molecule has 0 atom stereocenters. The van der Waals surface area contributed by atoms with Crippen molar-refractivity contribution >= 4 is 21.6 Å². The van der Waals surface area contributed by atoms with E-state index in [4.69, 9.17) is 0 Å². The normalized spacial score (nSPS) is 11.1. The summed E-state index contributed by atoms with van der Waals surface area (Å²) in [5.41, 5.74) is -0.890. The average molecular weight is 249 g/mol. The first-order chi connectivity index (χ1) is 7.35. The molecule has 0 bridgehead atoms. The summed E-state index contributed by atoms with van der Waals surface area (Å²) in [6.45, 7) is 0. The first kappa shape index (κ1) is 12.3. The molecule has 0 heterocycles. The van der Waals surface area contributed by atoms with E-state index in [0.29, 0.717) is 0 Å². The first-order valence-electron chi connectivity index (χ1n) is 4.01. The molecular formula is C7H8FN3O4S. The van der Waals surface area contributed by atoms with Gasteiger partial charge in [0.2, 0.25) is 0 Å². The summed E-state index contributed by atoms with van der Waals surface area (Å²) < 4.78 is 38.9. The standard InChI is InChI=1S/C7H8FN3O4S/c1-9-16(14,15)10-7-4-5(11(12)13)2-3-6(7)8/h2-4,9-10H,1H3. The summed E-state index contributed by atoms with van der Waals surface area (Å²) in [4.78, 5) is 9.64. The second kappa shape index (κ2) is 4.41. The highest BCUT2D eigenvalue weighted by molar-refractivity contribution is 7.90. The molecule has 0 aromatic heterocycles. The van der Waals surface area contributed by atoms with E-state index in [9.17, 15) is 22.9 Å². The smallest absolute Gasteiger partial charge is 0.268 e. The summed E-state index contributed by atoms with van der Waals surface area (Å²) in [5, 5.41) is 10.4. The van der Waals surface area contributed by atoms with Crippen LogP contribution in [0.4, 0.5) is 15.8 Å². The molecule has 9 heteroatoms. The number of anilines is 1. The molecule has 16 heavy (non-hydrogen) atoms. The van der Waals surface area contributed by atoms with Gasteiger partial charge < -0.3 is 0 Å². The van der Waals surface area contributed by atoms with Crippen LogP contribution in [0.1, 0.15) is 0 Å². The maximum atomic E-state index is 13.1. The van der Waals surface area contributed by atoms with Gasteiger partial charge in [-0.25, -0.2) is 9.11 Å². The third-order valence-corrected chi connectivity index (χ3v) is 2.70. The molecule has 0 spiro atoms. The van der Waals surface area contributed by atoms with Crippen molar-refractivity contribution in [1.29, 1.82) is 0 Å². The fourth-order valence-electron chi connectivity index (χ4n) is 0.901. The average Bonchev–Trinajstić information content (AvgIpc) is 2.21. The molecule has 0 saturated carbocycles. The molecule has 2 N–H and O–H groups in total. The Labute approximate surface area is 90.6 Å². The van der Waals surface area contributed by atoms with Crippen molar-refractivity contribution in [2.24, 2.45) is 0 Å². The number of halogens is 1. The molecule has 0 aliphatic rings. The van der Waals surface area contributed by atoms with Gasteiger partial charge in [0.1, 0.15) is 5.82 Å². The molecule has 0 radical (unpaired) electrons. The second-order valence-electron chi connectivity index (χ2n) is 2.73. The fraction of sp³-hybridized carbons (Fsp3) is 0.143. The second-order valence-corrected chi connectivity index (χ2v) is 4.35. The lowest BCUT2D eigenvalue weighted by molar-refractivity contribution is -0.384. The van der Waals surface area contributed by atoms with Gasteiger partial charge in [0.05, 0.1) is 10.6 Å². The third kappa shape index (κ3) is 2.87. The molecule has 1 aromatic carbocycles. The highest BCUT2D eigenvalue weighted by atomic mass is 32.2. The lowest BCUT2D eigenvalue weighted by atomic mass is 10.3. The van der Waals surface area contributed by atoms with Gasteiger partial charge in [-0.05, 0) is 6.07 Å². The fourth-order valence-corrected chi connectivity index (χ4v) is 1.45. The number of rotatable bonds is 4. The molecule has 1 rings (SSSR count). The van der Waals surface area contributed by atoms with Crippen LogP contribution in [0.15, 0.2) is 18.2 Å². The van der Waals surface area contributed by atoms with Crippen molar-refractivity contribution in [3.63, 3.8) is 0 Å². The van der Waals surface area contributed by atoms with Crippen LogP contribution in [-0.4, -0.2) is 20.4 Å². The predicted octanol–water partition coefficient (Wildman–Crippen LogP) is 0.610. The number of non-ortho nitro benzene ring substituents is 1. The lowest BCUT2D eigenvalue weighted by Gasteiger charge is -2.06. The van der Waals surface area contributed by atoms with Crippen LogP contribution in [-0.2, 0) is 10.2 Å². The van der Waals surface area contributed by atoms with Crippen LogP contribution in [0.5, 0.6) is 0 Å². The van der Waals surface area contributed by atoms with Crippen LogP contribution in [0.3, 0.4) is 0 Å². The molecule has 7 nitrogen and oxygen atoms in total. The minimum absolute atomic E-state index is 0.407. The molecule has 1 aromatic rings. The van der Waals surface area contributed by atoms with Gasteiger partial charge in [-0.15, -0.1) is 0 Å². The largest absolute Gasteiger partial charge is 0.298 e. The number of nitrogens with zero attached hydrogens (tertiary/aromatic N) is 1. The maximum Gasteiger partial charge on any atom is 0.298 e. The van der Waals surface area contributed by atoms with Crippen LogP contribution in [0.2, 0.25) is 0 Å². The van der Waals surface area contributed by atoms with Gasteiger partial charge in [-0.1, -0.05) is 0 Å². The minimum atomic E-state index is -3.90. The monoisotopic (exact) mass is 249 g/mol.